The van der Waals surface area contributed by atoms with Crippen LogP contribution in [0.2, 0.25) is 0 Å². The average molecular weight is 508 g/mol. The molecular weight excluding hydrogens is 476 g/mol. The van der Waals surface area contributed by atoms with Crippen molar-refractivity contribution in [2.45, 2.75) is 31.9 Å². The molecule has 0 aliphatic carbocycles. The molecular formula is C27H31F2N7O. The molecule has 8 nitrogen and oxygen atoms in total. The summed E-state index contributed by atoms with van der Waals surface area (Å²) in [4.78, 5) is 25.3. The molecule has 2 aromatic heterocycles. The summed E-state index contributed by atoms with van der Waals surface area (Å²) in [6.07, 6.45) is 6.40. The number of nitrogens with two attached hydrogens (primary N) is 1. The van der Waals surface area contributed by atoms with Gasteiger partial charge in [0, 0.05) is 74.4 Å². The summed E-state index contributed by atoms with van der Waals surface area (Å²) in [5, 5.41) is 11.2. The van der Waals surface area contributed by atoms with Gasteiger partial charge in [0.1, 0.15) is 5.71 Å². The summed E-state index contributed by atoms with van der Waals surface area (Å²) >= 11 is 0. The molecule has 37 heavy (non-hydrogen) atoms. The quantitative estimate of drug-likeness (QED) is 0.314. The lowest BCUT2D eigenvalue weighted by atomic mass is 9.99. The van der Waals surface area contributed by atoms with Crippen molar-refractivity contribution in [2.24, 2.45) is 0 Å². The number of pyridine rings is 2. The minimum atomic E-state index is -2.58. The summed E-state index contributed by atoms with van der Waals surface area (Å²) in [7, 11) is 3.88. The van der Waals surface area contributed by atoms with E-state index >= 15 is 0 Å². The van der Waals surface area contributed by atoms with Crippen LogP contribution in [-0.4, -0.2) is 64.5 Å². The number of carbonyl (C=O) groups excluding carboxylic acids is 1. The summed E-state index contributed by atoms with van der Waals surface area (Å²) in [5.74, 6) is -3.18. The Morgan fingerprint density at radius 1 is 1.05 bits per heavy atom. The Kier molecular flexibility index (Phi) is 7.89. The number of hydrogen-bond acceptors (Lipinski definition) is 7. The highest BCUT2D eigenvalue weighted by molar-refractivity contribution is 6.48. The zero-order chi connectivity index (χ0) is 26.6. The molecule has 0 bridgehead atoms. The topological polar surface area (TPSA) is 111 Å². The number of halogens is 2. The van der Waals surface area contributed by atoms with Gasteiger partial charge < -0.3 is 16.0 Å². The molecule has 0 unspecified atom stereocenters. The van der Waals surface area contributed by atoms with Crippen molar-refractivity contribution in [3.8, 4) is 11.1 Å². The van der Waals surface area contributed by atoms with Crippen LogP contribution in [0.5, 0.6) is 0 Å². The smallest absolute Gasteiger partial charge is 0.274 e. The number of likely N-dealkylation sites (tertiary alicyclic amines) is 1. The number of nitrogen functional groups attached to an aromatic ring is 1. The van der Waals surface area contributed by atoms with Crippen LogP contribution in [0.15, 0.2) is 55.1 Å². The fourth-order valence-corrected chi connectivity index (χ4v) is 4.30. The van der Waals surface area contributed by atoms with Gasteiger partial charge in [-0.15, -0.1) is 0 Å². The lowest BCUT2D eigenvalue weighted by molar-refractivity contribution is -0.110. The van der Waals surface area contributed by atoms with E-state index in [0.29, 0.717) is 43.1 Å². The second-order valence-electron chi connectivity index (χ2n) is 9.66. The van der Waals surface area contributed by atoms with Crippen molar-refractivity contribution in [1.29, 1.82) is 5.41 Å². The van der Waals surface area contributed by atoms with Gasteiger partial charge in [-0.25, -0.2) is 8.78 Å². The number of piperidine rings is 1. The van der Waals surface area contributed by atoms with Gasteiger partial charge in [0.25, 0.3) is 11.8 Å². The fourth-order valence-electron chi connectivity index (χ4n) is 4.30. The number of rotatable bonds is 8. The minimum absolute atomic E-state index is 0.137. The van der Waals surface area contributed by atoms with Crippen molar-refractivity contribution in [1.82, 2.24) is 19.8 Å². The molecule has 1 aliphatic rings. The van der Waals surface area contributed by atoms with Gasteiger partial charge in [0.2, 0.25) is 0 Å². The van der Waals surface area contributed by atoms with Crippen molar-refractivity contribution in [2.75, 3.05) is 38.2 Å². The van der Waals surface area contributed by atoms with Crippen LogP contribution in [-0.2, 0) is 17.9 Å². The maximum atomic E-state index is 13.5. The van der Waals surface area contributed by atoms with E-state index in [4.69, 9.17) is 11.1 Å². The Bertz CT molecular complexity index is 1290. The Hall–Kier alpha value is -3.76. The first-order valence-corrected chi connectivity index (χ1v) is 12.0. The predicted octanol–water partition coefficient (Wildman–Crippen LogP) is 4.03. The second-order valence-corrected chi connectivity index (χ2v) is 9.66. The van der Waals surface area contributed by atoms with Gasteiger partial charge in [0.05, 0.1) is 11.9 Å². The number of anilines is 2. The van der Waals surface area contributed by atoms with Crippen LogP contribution in [0.25, 0.3) is 11.1 Å². The normalized spacial score (nSPS) is 15.5. The number of aromatic nitrogens is 2. The SMILES string of the molecule is CN(C)Cc1cncc(NC(=O)C(=N)c2cc(-c3cncc(CN4CCC(F)(F)CC4)c3)ccc2N)c1. The third-order valence-corrected chi connectivity index (χ3v) is 6.22. The molecule has 4 N–H and O–H groups in total. The predicted molar refractivity (Wildman–Crippen MR) is 141 cm³/mol. The van der Waals surface area contributed by atoms with Gasteiger partial charge in [-0.1, -0.05) is 6.07 Å². The highest BCUT2D eigenvalue weighted by atomic mass is 19.3. The summed E-state index contributed by atoms with van der Waals surface area (Å²) in [5.41, 5.74) is 10.3. The number of benzene rings is 1. The van der Waals surface area contributed by atoms with E-state index < -0.39 is 11.8 Å². The molecule has 0 spiro atoms. The maximum absolute atomic E-state index is 13.5. The molecule has 194 valence electrons. The van der Waals surface area contributed by atoms with Gasteiger partial charge in [-0.05, 0) is 55.1 Å². The molecule has 1 saturated heterocycles. The first-order chi connectivity index (χ1) is 17.6. The van der Waals surface area contributed by atoms with Crippen molar-refractivity contribution >= 4 is 23.0 Å². The van der Waals surface area contributed by atoms with Crippen LogP contribution in [0.1, 0.15) is 29.5 Å². The Labute approximate surface area is 215 Å². The van der Waals surface area contributed by atoms with E-state index in [2.05, 4.69) is 15.3 Å². The first kappa shape index (κ1) is 26.3. The molecule has 4 rings (SSSR count). The van der Waals surface area contributed by atoms with Crippen molar-refractivity contribution < 1.29 is 13.6 Å². The lowest BCUT2D eigenvalue weighted by Crippen LogP contribution is -2.38. The molecule has 10 heteroatoms. The van der Waals surface area contributed by atoms with Crippen LogP contribution in [0.4, 0.5) is 20.2 Å². The number of hydrogen-bond donors (Lipinski definition) is 3. The van der Waals surface area contributed by atoms with Crippen molar-refractivity contribution in [3.05, 3.63) is 71.8 Å². The number of nitrogens with zero attached hydrogens (tertiary/aromatic N) is 4. The zero-order valence-electron chi connectivity index (χ0n) is 21.0. The molecule has 0 atom stereocenters. The first-order valence-electron chi connectivity index (χ1n) is 12.0. The summed E-state index contributed by atoms with van der Waals surface area (Å²) < 4.78 is 27.0. The number of carbonyl (C=O) groups is 1. The standard InChI is InChI=1S/C27H31F2N7O/c1-35(2)16-19-10-22(15-33-13-19)34-26(37)25(31)23-11-20(3-4-24(23)30)21-9-18(12-32-14-21)17-36-7-5-27(28,29)6-8-36/h3-4,9-15,31H,5-8,16-17,30H2,1-2H3,(H,34,37). The van der Waals surface area contributed by atoms with Crippen LogP contribution in [0.3, 0.4) is 0 Å². The number of amides is 1. The largest absolute Gasteiger partial charge is 0.398 e. The highest BCUT2D eigenvalue weighted by Crippen LogP contribution is 2.29. The van der Waals surface area contributed by atoms with Crippen molar-refractivity contribution in [3.63, 3.8) is 0 Å². The fraction of sp³-hybridized carbons (Fsp3) is 0.333. The summed E-state index contributed by atoms with van der Waals surface area (Å²) in [6, 6.07) is 8.92. The maximum Gasteiger partial charge on any atom is 0.274 e. The molecule has 1 amide bonds. The van der Waals surface area contributed by atoms with E-state index in [1.54, 1.807) is 36.8 Å². The minimum Gasteiger partial charge on any atom is -0.398 e. The molecule has 3 aromatic rings. The molecule has 1 fully saturated rings. The van der Waals surface area contributed by atoms with E-state index in [1.165, 1.54) is 6.20 Å². The molecule has 0 saturated carbocycles. The van der Waals surface area contributed by atoms with E-state index in [9.17, 15) is 13.6 Å². The van der Waals surface area contributed by atoms with Gasteiger partial charge in [-0.2, -0.15) is 0 Å². The van der Waals surface area contributed by atoms with Crippen LogP contribution < -0.4 is 11.1 Å². The zero-order valence-corrected chi connectivity index (χ0v) is 21.0. The number of nitrogens with one attached hydrogen (secondary N) is 2. The number of alkyl halides is 2. The Morgan fingerprint density at radius 3 is 2.49 bits per heavy atom. The Balaban J connectivity index is 1.48. The van der Waals surface area contributed by atoms with Gasteiger partial charge >= 0.3 is 0 Å². The molecule has 3 heterocycles. The monoisotopic (exact) mass is 507 g/mol. The van der Waals surface area contributed by atoms with E-state index in [-0.39, 0.29) is 18.6 Å². The van der Waals surface area contributed by atoms with E-state index in [0.717, 1.165) is 22.3 Å². The van der Waals surface area contributed by atoms with Gasteiger partial charge in [0.15, 0.2) is 0 Å². The van der Waals surface area contributed by atoms with Gasteiger partial charge in [-0.3, -0.25) is 25.1 Å². The summed E-state index contributed by atoms with van der Waals surface area (Å²) in [6.45, 7) is 1.87. The van der Waals surface area contributed by atoms with Crippen LogP contribution >= 0.6 is 0 Å². The second kappa shape index (κ2) is 11.1. The third kappa shape index (κ3) is 6.93. The molecule has 1 aliphatic heterocycles. The Morgan fingerprint density at radius 2 is 1.76 bits per heavy atom. The highest BCUT2D eigenvalue weighted by Gasteiger charge is 2.33. The van der Waals surface area contributed by atoms with E-state index in [1.807, 2.05) is 36.0 Å². The lowest BCUT2D eigenvalue weighted by Gasteiger charge is -2.31. The van der Waals surface area contributed by atoms with Crippen LogP contribution in [0, 0.1) is 5.41 Å². The molecule has 0 radical (unpaired) electrons. The third-order valence-electron chi connectivity index (χ3n) is 6.22. The average Bonchev–Trinajstić information content (AvgIpc) is 2.85. The molecule has 1 aromatic carbocycles.